The fraction of sp³-hybridized carbons (Fsp3) is 0.222. The lowest BCUT2D eigenvalue weighted by molar-refractivity contribution is -0.384. The van der Waals surface area contributed by atoms with Gasteiger partial charge >= 0.3 is 0 Å². The Morgan fingerprint density at radius 1 is 1.56 bits per heavy atom. The van der Waals surface area contributed by atoms with Crippen LogP contribution in [0.5, 0.6) is 0 Å². The van der Waals surface area contributed by atoms with Crippen molar-refractivity contribution in [2.24, 2.45) is 0 Å². The Balaban J connectivity index is 3.30. The molecule has 0 saturated heterocycles. The fourth-order valence-electron chi connectivity index (χ4n) is 1.15. The number of carbonyl (C=O) groups is 1. The molecule has 7 heteroatoms. The monoisotopic (exact) mass is 350 g/mol. The highest BCUT2D eigenvalue weighted by atomic mass is 79.9. The summed E-state index contributed by atoms with van der Waals surface area (Å²) in [7, 11) is 0. The molecule has 16 heavy (non-hydrogen) atoms. The van der Waals surface area contributed by atoms with Crippen LogP contribution in [0.15, 0.2) is 16.6 Å². The van der Waals surface area contributed by atoms with E-state index in [0.717, 1.165) is 5.56 Å². The number of nitrogens with zero attached hydrogens (tertiary/aromatic N) is 1. The Bertz CT molecular complexity index is 449. The van der Waals surface area contributed by atoms with E-state index in [1.54, 1.807) is 6.07 Å². The second kappa shape index (κ2) is 5.40. The van der Waals surface area contributed by atoms with Crippen LogP contribution in [0.3, 0.4) is 0 Å². The Hall–Kier alpha value is -0.950. The SMILES string of the molecule is CC(=O)Nc1cc(CBr)c(Br)cc1[N+](=O)[O-]. The number of nitro groups is 1. The highest BCUT2D eigenvalue weighted by Gasteiger charge is 2.17. The van der Waals surface area contributed by atoms with E-state index in [9.17, 15) is 14.9 Å². The summed E-state index contributed by atoms with van der Waals surface area (Å²) in [4.78, 5) is 21.2. The zero-order valence-electron chi connectivity index (χ0n) is 8.29. The third-order valence-electron chi connectivity index (χ3n) is 1.82. The molecular weight excluding hydrogens is 344 g/mol. The van der Waals surface area contributed by atoms with E-state index in [1.165, 1.54) is 13.0 Å². The summed E-state index contributed by atoms with van der Waals surface area (Å²) in [6, 6.07) is 2.94. The van der Waals surface area contributed by atoms with Gasteiger partial charge in [-0.05, 0) is 11.6 Å². The minimum absolute atomic E-state index is 0.133. The van der Waals surface area contributed by atoms with Gasteiger partial charge in [0, 0.05) is 22.8 Å². The van der Waals surface area contributed by atoms with Crippen molar-refractivity contribution in [1.29, 1.82) is 0 Å². The largest absolute Gasteiger partial charge is 0.321 e. The molecule has 0 unspecified atom stereocenters. The summed E-state index contributed by atoms with van der Waals surface area (Å²) in [5.41, 5.74) is 0.899. The van der Waals surface area contributed by atoms with E-state index in [1.807, 2.05) is 0 Å². The number of rotatable bonds is 3. The maximum absolute atomic E-state index is 10.9. The van der Waals surface area contributed by atoms with Crippen molar-refractivity contribution >= 4 is 49.1 Å². The molecule has 1 rings (SSSR count). The van der Waals surface area contributed by atoms with Crippen molar-refractivity contribution in [1.82, 2.24) is 0 Å². The van der Waals surface area contributed by atoms with Crippen molar-refractivity contribution in [3.05, 3.63) is 32.3 Å². The second-order valence-electron chi connectivity index (χ2n) is 3.03. The maximum atomic E-state index is 10.9. The number of nitro benzene ring substituents is 1. The van der Waals surface area contributed by atoms with Crippen LogP contribution in [0.4, 0.5) is 11.4 Å². The third-order valence-corrected chi connectivity index (χ3v) is 3.16. The van der Waals surface area contributed by atoms with E-state index in [0.29, 0.717) is 9.80 Å². The molecule has 1 N–H and O–H groups in total. The summed E-state index contributed by atoms with van der Waals surface area (Å²) in [6.45, 7) is 1.31. The van der Waals surface area contributed by atoms with Gasteiger partial charge in [0.15, 0.2) is 0 Å². The molecule has 0 fully saturated rings. The van der Waals surface area contributed by atoms with E-state index in [-0.39, 0.29) is 17.3 Å². The van der Waals surface area contributed by atoms with Crippen LogP contribution in [0.1, 0.15) is 12.5 Å². The van der Waals surface area contributed by atoms with Crippen molar-refractivity contribution in [3.8, 4) is 0 Å². The molecule has 0 radical (unpaired) electrons. The zero-order chi connectivity index (χ0) is 12.3. The quantitative estimate of drug-likeness (QED) is 0.516. The molecule has 0 saturated carbocycles. The van der Waals surface area contributed by atoms with Crippen LogP contribution < -0.4 is 5.32 Å². The van der Waals surface area contributed by atoms with E-state index >= 15 is 0 Å². The van der Waals surface area contributed by atoms with Crippen LogP contribution in [0.2, 0.25) is 0 Å². The molecule has 0 aliphatic rings. The lowest BCUT2D eigenvalue weighted by Gasteiger charge is -2.07. The van der Waals surface area contributed by atoms with E-state index in [4.69, 9.17) is 0 Å². The molecule has 0 bridgehead atoms. The molecule has 0 aromatic heterocycles. The summed E-state index contributed by atoms with van der Waals surface area (Å²) >= 11 is 6.49. The number of benzene rings is 1. The number of carbonyl (C=O) groups excluding carboxylic acids is 1. The number of halogens is 2. The highest BCUT2D eigenvalue weighted by molar-refractivity contribution is 9.10. The molecule has 0 atom stereocenters. The van der Waals surface area contributed by atoms with Crippen molar-refractivity contribution < 1.29 is 9.72 Å². The van der Waals surface area contributed by atoms with Gasteiger partial charge in [-0.1, -0.05) is 31.9 Å². The smallest absolute Gasteiger partial charge is 0.293 e. The number of amides is 1. The Morgan fingerprint density at radius 2 is 2.19 bits per heavy atom. The summed E-state index contributed by atoms with van der Waals surface area (Å²) in [6.07, 6.45) is 0. The van der Waals surface area contributed by atoms with Gasteiger partial charge in [0.25, 0.3) is 5.69 Å². The van der Waals surface area contributed by atoms with Crippen molar-refractivity contribution in [2.75, 3.05) is 5.32 Å². The number of anilines is 1. The minimum atomic E-state index is -0.534. The highest BCUT2D eigenvalue weighted by Crippen LogP contribution is 2.32. The first kappa shape index (κ1) is 13.1. The van der Waals surface area contributed by atoms with E-state index < -0.39 is 4.92 Å². The first-order valence-electron chi connectivity index (χ1n) is 4.26. The normalized spacial score (nSPS) is 9.94. The first-order chi connectivity index (χ1) is 7.45. The van der Waals surface area contributed by atoms with Gasteiger partial charge in [-0.2, -0.15) is 0 Å². The van der Waals surface area contributed by atoms with Crippen LogP contribution >= 0.6 is 31.9 Å². The van der Waals surface area contributed by atoms with Gasteiger partial charge in [0.05, 0.1) is 4.92 Å². The molecule has 0 heterocycles. The Morgan fingerprint density at radius 3 is 2.62 bits per heavy atom. The lowest BCUT2D eigenvalue weighted by atomic mass is 10.2. The lowest BCUT2D eigenvalue weighted by Crippen LogP contribution is -2.08. The van der Waals surface area contributed by atoms with E-state index in [2.05, 4.69) is 37.2 Å². The van der Waals surface area contributed by atoms with Gasteiger partial charge in [0.2, 0.25) is 5.91 Å². The average molecular weight is 352 g/mol. The van der Waals surface area contributed by atoms with Crippen LogP contribution in [-0.4, -0.2) is 10.8 Å². The topological polar surface area (TPSA) is 72.2 Å². The molecule has 0 spiro atoms. The average Bonchev–Trinajstić information content (AvgIpc) is 2.19. The molecule has 5 nitrogen and oxygen atoms in total. The summed E-state index contributed by atoms with van der Waals surface area (Å²) in [5, 5.41) is 13.8. The Labute approximate surface area is 109 Å². The van der Waals surface area contributed by atoms with Gasteiger partial charge in [-0.15, -0.1) is 0 Å². The van der Waals surface area contributed by atoms with Crippen LogP contribution in [0, 0.1) is 10.1 Å². The van der Waals surface area contributed by atoms with Gasteiger partial charge in [0.1, 0.15) is 5.69 Å². The second-order valence-corrected chi connectivity index (χ2v) is 4.45. The Kier molecular flexibility index (Phi) is 4.43. The molecule has 0 aliphatic heterocycles. The molecule has 86 valence electrons. The van der Waals surface area contributed by atoms with Crippen LogP contribution in [-0.2, 0) is 10.1 Å². The standard InChI is InChI=1S/C9H8Br2N2O3/c1-5(14)12-8-2-6(4-10)7(11)3-9(8)13(15)16/h2-3H,4H2,1H3,(H,12,14). The van der Waals surface area contributed by atoms with Gasteiger partial charge < -0.3 is 5.32 Å². The minimum Gasteiger partial charge on any atom is -0.321 e. The van der Waals surface area contributed by atoms with Gasteiger partial charge in [-0.3, -0.25) is 14.9 Å². The number of hydrogen-bond acceptors (Lipinski definition) is 3. The number of nitrogens with one attached hydrogen (secondary N) is 1. The van der Waals surface area contributed by atoms with Crippen LogP contribution in [0.25, 0.3) is 0 Å². The number of alkyl halides is 1. The predicted octanol–water partition coefficient (Wildman–Crippen LogP) is 3.21. The molecule has 1 aromatic rings. The molecule has 1 amide bonds. The summed E-state index contributed by atoms with van der Waals surface area (Å²) in [5.74, 6) is -0.342. The molecule has 0 aliphatic carbocycles. The molecular formula is C9H8Br2N2O3. The van der Waals surface area contributed by atoms with Gasteiger partial charge in [-0.25, -0.2) is 0 Å². The first-order valence-corrected chi connectivity index (χ1v) is 6.17. The zero-order valence-corrected chi connectivity index (χ0v) is 11.5. The number of hydrogen-bond donors (Lipinski definition) is 1. The third kappa shape index (κ3) is 3.02. The predicted molar refractivity (Wildman–Crippen MR) is 67.7 cm³/mol. The van der Waals surface area contributed by atoms with Crippen molar-refractivity contribution in [2.45, 2.75) is 12.3 Å². The molecule has 1 aromatic carbocycles. The summed E-state index contributed by atoms with van der Waals surface area (Å²) < 4.78 is 0.630. The maximum Gasteiger partial charge on any atom is 0.293 e. The fourth-order valence-corrected chi connectivity index (χ4v) is 2.46. The van der Waals surface area contributed by atoms with Crippen molar-refractivity contribution in [3.63, 3.8) is 0 Å².